The van der Waals surface area contributed by atoms with Crippen LogP contribution in [0.1, 0.15) is 29.0 Å². The number of furan rings is 1. The predicted molar refractivity (Wildman–Crippen MR) is 91.1 cm³/mol. The summed E-state index contributed by atoms with van der Waals surface area (Å²) in [7, 11) is 0. The number of hydrogen-bond donors (Lipinski definition) is 0. The molecule has 1 amide bonds. The van der Waals surface area contributed by atoms with Gasteiger partial charge in [0.25, 0.3) is 5.91 Å². The number of benzene rings is 1. The summed E-state index contributed by atoms with van der Waals surface area (Å²) >= 11 is 0. The number of rotatable bonds is 5. The second-order valence-electron chi connectivity index (χ2n) is 6.39. The lowest BCUT2D eigenvalue weighted by Crippen LogP contribution is -2.36. The molecule has 1 saturated heterocycles. The summed E-state index contributed by atoms with van der Waals surface area (Å²) in [6, 6.07) is 12.1. The minimum Gasteiger partial charge on any atom is -0.467 e. The van der Waals surface area contributed by atoms with Gasteiger partial charge in [0.05, 0.1) is 26.0 Å². The van der Waals surface area contributed by atoms with Crippen molar-refractivity contribution in [2.24, 2.45) is 0 Å². The minimum absolute atomic E-state index is 0.0856. The number of carbonyl (C=O) groups is 1. The second-order valence-corrected chi connectivity index (χ2v) is 6.39. The number of hydrogen-bond acceptors (Lipinski definition) is 4. The molecule has 2 aromatic rings. The summed E-state index contributed by atoms with van der Waals surface area (Å²) in [5, 5.41) is 0. The van der Waals surface area contributed by atoms with Crippen molar-refractivity contribution in [3.63, 3.8) is 0 Å². The largest absolute Gasteiger partial charge is 0.467 e. The van der Waals surface area contributed by atoms with E-state index in [1.54, 1.807) is 6.26 Å². The van der Waals surface area contributed by atoms with Crippen LogP contribution in [0.25, 0.3) is 0 Å². The van der Waals surface area contributed by atoms with Gasteiger partial charge in [0.15, 0.2) is 0 Å². The minimum atomic E-state index is 0.0856. The Bertz CT molecular complexity index is 671. The molecule has 2 heterocycles. The first-order valence-electron chi connectivity index (χ1n) is 8.57. The first-order chi connectivity index (χ1) is 11.8. The van der Waals surface area contributed by atoms with Crippen LogP contribution in [-0.2, 0) is 11.3 Å². The van der Waals surface area contributed by atoms with Crippen molar-refractivity contribution in [1.82, 2.24) is 4.90 Å². The fourth-order valence-electron chi connectivity index (χ4n) is 3.13. The highest BCUT2D eigenvalue weighted by Gasteiger charge is 2.33. The highest BCUT2D eigenvalue weighted by atomic mass is 16.5. The van der Waals surface area contributed by atoms with Crippen molar-refractivity contribution < 1.29 is 13.9 Å². The molecule has 5 nitrogen and oxygen atoms in total. The van der Waals surface area contributed by atoms with E-state index in [9.17, 15) is 4.79 Å². The van der Waals surface area contributed by atoms with E-state index in [1.807, 2.05) is 41.3 Å². The molecule has 1 aromatic heterocycles. The molecular formula is C19H22N2O3. The van der Waals surface area contributed by atoms with Gasteiger partial charge in [-0.25, -0.2) is 0 Å². The van der Waals surface area contributed by atoms with Crippen molar-refractivity contribution in [2.75, 3.05) is 31.2 Å². The Morgan fingerprint density at radius 1 is 1.12 bits per heavy atom. The van der Waals surface area contributed by atoms with Gasteiger partial charge < -0.3 is 19.0 Å². The van der Waals surface area contributed by atoms with E-state index in [1.165, 1.54) is 0 Å². The number of nitrogens with zero attached hydrogens (tertiary/aromatic N) is 2. The molecule has 4 rings (SSSR count). The maximum atomic E-state index is 12.9. The Morgan fingerprint density at radius 3 is 2.50 bits per heavy atom. The van der Waals surface area contributed by atoms with Gasteiger partial charge in [-0.1, -0.05) is 0 Å². The summed E-state index contributed by atoms with van der Waals surface area (Å²) in [5.41, 5.74) is 1.89. The van der Waals surface area contributed by atoms with Crippen molar-refractivity contribution in [3.8, 4) is 0 Å². The van der Waals surface area contributed by atoms with Crippen LogP contribution in [0.3, 0.4) is 0 Å². The molecule has 24 heavy (non-hydrogen) atoms. The average Bonchev–Trinajstić information content (AvgIpc) is 3.36. The van der Waals surface area contributed by atoms with Crippen LogP contribution in [0.4, 0.5) is 5.69 Å². The first-order valence-corrected chi connectivity index (χ1v) is 8.57. The third-order valence-corrected chi connectivity index (χ3v) is 4.65. The van der Waals surface area contributed by atoms with Crippen molar-refractivity contribution >= 4 is 11.6 Å². The van der Waals surface area contributed by atoms with Gasteiger partial charge in [0.1, 0.15) is 5.76 Å². The zero-order valence-corrected chi connectivity index (χ0v) is 13.7. The summed E-state index contributed by atoms with van der Waals surface area (Å²) < 4.78 is 10.8. The van der Waals surface area contributed by atoms with Crippen LogP contribution in [0.2, 0.25) is 0 Å². The van der Waals surface area contributed by atoms with Crippen LogP contribution < -0.4 is 4.90 Å². The van der Waals surface area contributed by atoms with E-state index in [-0.39, 0.29) is 5.91 Å². The Morgan fingerprint density at radius 2 is 1.88 bits per heavy atom. The van der Waals surface area contributed by atoms with E-state index < -0.39 is 0 Å². The molecule has 1 aromatic carbocycles. The van der Waals surface area contributed by atoms with E-state index in [0.717, 1.165) is 56.2 Å². The zero-order chi connectivity index (χ0) is 16.4. The molecular weight excluding hydrogens is 304 g/mol. The van der Waals surface area contributed by atoms with E-state index in [0.29, 0.717) is 12.6 Å². The van der Waals surface area contributed by atoms with Gasteiger partial charge in [-0.15, -0.1) is 0 Å². The van der Waals surface area contributed by atoms with Crippen molar-refractivity contribution in [2.45, 2.75) is 25.4 Å². The van der Waals surface area contributed by atoms with Gasteiger partial charge in [0, 0.05) is 30.4 Å². The fraction of sp³-hybridized carbons (Fsp3) is 0.421. The summed E-state index contributed by atoms with van der Waals surface area (Å²) in [4.78, 5) is 17.1. The molecule has 0 atom stereocenters. The monoisotopic (exact) mass is 326 g/mol. The smallest absolute Gasteiger partial charge is 0.254 e. The highest BCUT2D eigenvalue weighted by Crippen LogP contribution is 2.30. The molecule has 1 aliphatic heterocycles. The Kier molecular flexibility index (Phi) is 4.26. The van der Waals surface area contributed by atoms with E-state index in [4.69, 9.17) is 9.15 Å². The lowest BCUT2D eigenvalue weighted by atomic mass is 10.1. The van der Waals surface area contributed by atoms with Crippen molar-refractivity contribution in [3.05, 3.63) is 54.0 Å². The maximum absolute atomic E-state index is 12.9. The summed E-state index contributed by atoms with van der Waals surface area (Å²) in [6.45, 7) is 3.88. The normalized spacial score (nSPS) is 17.8. The van der Waals surface area contributed by atoms with Crippen LogP contribution in [-0.4, -0.2) is 43.2 Å². The number of carbonyl (C=O) groups excluding carboxylic acids is 1. The quantitative estimate of drug-likeness (QED) is 0.847. The van der Waals surface area contributed by atoms with Gasteiger partial charge in [0.2, 0.25) is 0 Å². The van der Waals surface area contributed by atoms with Crippen LogP contribution in [0.5, 0.6) is 0 Å². The zero-order valence-electron chi connectivity index (χ0n) is 13.7. The van der Waals surface area contributed by atoms with Gasteiger partial charge in [-0.2, -0.15) is 0 Å². The maximum Gasteiger partial charge on any atom is 0.254 e. The SMILES string of the molecule is O=C(c1ccc(N2CCOCC2)cc1)N(Cc1ccco1)C1CC1. The number of ether oxygens (including phenoxy) is 1. The van der Waals surface area contributed by atoms with Gasteiger partial charge >= 0.3 is 0 Å². The molecule has 0 bridgehead atoms. The molecule has 0 spiro atoms. The highest BCUT2D eigenvalue weighted by molar-refractivity contribution is 5.95. The summed E-state index contributed by atoms with van der Waals surface area (Å²) in [6.07, 6.45) is 3.82. The number of anilines is 1. The fourth-order valence-corrected chi connectivity index (χ4v) is 3.13. The van der Waals surface area contributed by atoms with Crippen LogP contribution in [0, 0.1) is 0 Å². The molecule has 5 heteroatoms. The number of amides is 1. The lowest BCUT2D eigenvalue weighted by Gasteiger charge is -2.29. The topological polar surface area (TPSA) is 45.9 Å². The Hall–Kier alpha value is -2.27. The third kappa shape index (κ3) is 3.31. The Labute approximate surface area is 141 Å². The molecule has 0 unspecified atom stereocenters. The molecule has 0 radical (unpaired) electrons. The van der Waals surface area contributed by atoms with Crippen LogP contribution in [0.15, 0.2) is 47.1 Å². The molecule has 1 aliphatic carbocycles. The first kappa shape index (κ1) is 15.3. The van der Waals surface area contributed by atoms with Crippen LogP contribution >= 0.6 is 0 Å². The van der Waals surface area contributed by atoms with Gasteiger partial charge in [-0.3, -0.25) is 4.79 Å². The van der Waals surface area contributed by atoms with E-state index in [2.05, 4.69) is 4.90 Å². The lowest BCUT2D eigenvalue weighted by molar-refractivity contribution is 0.0717. The molecule has 0 N–H and O–H groups in total. The predicted octanol–water partition coefficient (Wildman–Crippen LogP) is 2.92. The van der Waals surface area contributed by atoms with E-state index >= 15 is 0 Å². The third-order valence-electron chi connectivity index (χ3n) is 4.65. The Balaban J connectivity index is 1.48. The standard InChI is InChI=1S/C19H22N2O3/c22-19(21(17-7-8-17)14-18-2-1-11-24-18)15-3-5-16(6-4-15)20-9-12-23-13-10-20/h1-6,11,17H,7-10,12-14H2. The molecule has 1 saturated carbocycles. The molecule has 126 valence electrons. The van der Waals surface area contributed by atoms with Crippen molar-refractivity contribution in [1.29, 1.82) is 0 Å². The average molecular weight is 326 g/mol. The second kappa shape index (κ2) is 6.69. The molecule has 2 aliphatic rings. The summed E-state index contributed by atoms with van der Waals surface area (Å²) in [5.74, 6) is 0.919. The number of morpholine rings is 1. The van der Waals surface area contributed by atoms with Gasteiger partial charge in [-0.05, 0) is 49.2 Å². The molecule has 2 fully saturated rings.